The first-order valence-electron chi connectivity index (χ1n) is 8.84. The van der Waals surface area contributed by atoms with E-state index in [2.05, 4.69) is 15.0 Å². The van der Waals surface area contributed by atoms with Gasteiger partial charge in [-0.15, -0.1) is 13.2 Å². The molecule has 0 aliphatic rings. The fourth-order valence-electron chi connectivity index (χ4n) is 2.99. The molecule has 0 aliphatic heterocycles. The summed E-state index contributed by atoms with van der Waals surface area (Å²) in [5.41, 5.74) is 2.11. The molecular weight excluding hydrogens is 411 g/mol. The van der Waals surface area contributed by atoms with E-state index < -0.39 is 30.5 Å². The quantitative estimate of drug-likeness (QED) is 0.549. The van der Waals surface area contributed by atoms with Crippen molar-refractivity contribution < 1.29 is 36.2 Å². The van der Waals surface area contributed by atoms with Gasteiger partial charge in [-0.05, 0) is 49.2 Å². The lowest BCUT2D eigenvalue weighted by Gasteiger charge is -2.10. The molecule has 0 spiro atoms. The molecular formula is C20H17F5N2O3. The maximum Gasteiger partial charge on any atom is 0.573 e. The zero-order valence-electron chi connectivity index (χ0n) is 15.7. The van der Waals surface area contributed by atoms with E-state index in [0.717, 1.165) is 23.4 Å². The molecule has 0 unspecified atom stereocenters. The second-order valence-corrected chi connectivity index (χ2v) is 6.45. The molecule has 160 valence electrons. The smallest absolute Gasteiger partial charge is 0.481 e. The number of aromatic amines is 1. The summed E-state index contributed by atoms with van der Waals surface area (Å²) in [6.07, 6.45) is -4.46. The first kappa shape index (κ1) is 21.4. The van der Waals surface area contributed by atoms with Crippen LogP contribution in [0.4, 0.5) is 22.0 Å². The van der Waals surface area contributed by atoms with Gasteiger partial charge in [0.1, 0.15) is 11.6 Å². The number of alkyl halides is 3. The number of benzene rings is 2. The molecule has 0 bridgehead atoms. The molecule has 30 heavy (non-hydrogen) atoms. The molecule has 3 rings (SSSR count). The fraction of sp³-hybridized carbons (Fsp3) is 0.250. The number of aromatic nitrogens is 1. The molecule has 0 fully saturated rings. The molecule has 1 amide bonds. The maximum atomic E-state index is 13.5. The van der Waals surface area contributed by atoms with Gasteiger partial charge >= 0.3 is 6.36 Å². The first-order valence-corrected chi connectivity index (χ1v) is 8.84. The summed E-state index contributed by atoms with van der Waals surface area (Å²) in [6.45, 7) is 1.47. The number of nitrogens with one attached hydrogen (secondary N) is 2. The van der Waals surface area contributed by atoms with E-state index >= 15 is 0 Å². The Morgan fingerprint density at radius 3 is 2.60 bits per heavy atom. The van der Waals surface area contributed by atoms with Crippen molar-refractivity contribution in [3.63, 3.8) is 0 Å². The summed E-state index contributed by atoms with van der Waals surface area (Å²) in [5.74, 6) is -2.81. The summed E-state index contributed by atoms with van der Waals surface area (Å²) in [6, 6.07) is 6.70. The van der Waals surface area contributed by atoms with Gasteiger partial charge in [-0.3, -0.25) is 4.79 Å². The zero-order chi connectivity index (χ0) is 21.9. The van der Waals surface area contributed by atoms with Crippen LogP contribution < -0.4 is 14.8 Å². The molecule has 10 heteroatoms. The van der Waals surface area contributed by atoms with Crippen LogP contribution in [0, 0.1) is 18.6 Å². The molecule has 5 nitrogen and oxygen atoms in total. The highest BCUT2D eigenvalue weighted by Gasteiger charge is 2.31. The maximum absolute atomic E-state index is 13.5. The van der Waals surface area contributed by atoms with Crippen molar-refractivity contribution in [3.8, 4) is 11.5 Å². The number of aryl methyl sites for hydroxylation is 1. The van der Waals surface area contributed by atoms with E-state index in [1.807, 2.05) is 0 Å². The van der Waals surface area contributed by atoms with Gasteiger partial charge in [0.05, 0.1) is 0 Å². The Labute approximate surface area is 167 Å². The van der Waals surface area contributed by atoms with Crippen LogP contribution in [-0.4, -0.2) is 30.4 Å². The van der Waals surface area contributed by atoms with Crippen molar-refractivity contribution in [2.45, 2.75) is 19.7 Å². The Bertz CT molecular complexity index is 1060. The van der Waals surface area contributed by atoms with Crippen LogP contribution in [-0.2, 0) is 11.2 Å². The van der Waals surface area contributed by atoms with Gasteiger partial charge in [0.25, 0.3) is 5.91 Å². The highest BCUT2D eigenvalue weighted by Crippen LogP contribution is 2.29. The van der Waals surface area contributed by atoms with Crippen LogP contribution in [0.15, 0.2) is 36.4 Å². The van der Waals surface area contributed by atoms with Crippen LogP contribution in [0.5, 0.6) is 11.5 Å². The highest BCUT2D eigenvalue weighted by atomic mass is 19.4. The molecule has 0 radical (unpaired) electrons. The summed E-state index contributed by atoms with van der Waals surface area (Å²) in [4.78, 5) is 15.0. The Hall–Kier alpha value is -3.30. The number of halogens is 5. The minimum absolute atomic E-state index is 0.173. The molecule has 0 atom stereocenters. The van der Waals surface area contributed by atoms with Crippen LogP contribution in [0.1, 0.15) is 11.3 Å². The second-order valence-electron chi connectivity index (χ2n) is 6.45. The Morgan fingerprint density at radius 1 is 1.13 bits per heavy atom. The number of fused-ring (bicyclic) bond motifs is 1. The molecule has 0 aliphatic carbocycles. The van der Waals surface area contributed by atoms with Gasteiger partial charge < -0.3 is 19.8 Å². The van der Waals surface area contributed by atoms with Gasteiger partial charge in [0.2, 0.25) is 0 Å². The highest BCUT2D eigenvalue weighted by molar-refractivity contribution is 5.86. The van der Waals surface area contributed by atoms with E-state index in [-0.39, 0.29) is 18.0 Å². The van der Waals surface area contributed by atoms with Crippen LogP contribution in [0.2, 0.25) is 0 Å². The molecule has 2 aromatic carbocycles. The second kappa shape index (κ2) is 8.60. The number of H-pyrrole nitrogens is 1. The Kier molecular flexibility index (Phi) is 6.14. The largest absolute Gasteiger partial charge is 0.573 e. The van der Waals surface area contributed by atoms with Gasteiger partial charge in [-0.25, -0.2) is 8.78 Å². The molecule has 3 aromatic rings. The van der Waals surface area contributed by atoms with Crippen molar-refractivity contribution in [1.82, 2.24) is 10.3 Å². The van der Waals surface area contributed by atoms with E-state index in [1.165, 1.54) is 18.2 Å². The number of hydrogen-bond acceptors (Lipinski definition) is 3. The first-order chi connectivity index (χ1) is 14.1. The monoisotopic (exact) mass is 428 g/mol. The number of amides is 1. The zero-order valence-corrected chi connectivity index (χ0v) is 15.7. The normalized spacial score (nSPS) is 11.5. The van der Waals surface area contributed by atoms with Crippen LogP contribution in [0.3, 0.4) is 0 Å². The number of carbonyl (C=O) groups excluding carboxylic acids is 1. The molecule has 2 N–H and O–H groups in total. The number of rotatable bonds is 7. The summed E-state index contributed by atoms with van der Waals surface area (Å²) in [5, 5.41) is 3.13. The SMILES string of the molecule is Cc1[nH]c2ccc(OC(F)(F)F)cc2c1CCNC(=O)COc1ccc(F)cc1F. The van der Waals surface area contributed by atoms with Gasteiger partial charge in [-0.2, -0.15) is 0 Å². The lowest BCUT2D eigenvalue weighted by atomic mass is 10.1. The molecule has 1 aromatic heterocycles. The Morgan fingerprint density at radius 2 is 1.90 bits per heavy atom. The molecule has 0 saturated heterocycles. The van der Waals surface area contributed by atoms with Crippen molar-refractivity contribution in [2.24, 2.45) is 0 Å². The van der Waals surface area contributed by atoms with E-state index in [0.29, 0.717) is 23.4 Å². The average molecular weight is 428 g/mol. The predicted molar refractivity (Wildman–Crippen MR) is 98.3 cm³/mol. The van der Waals surface area contributed by atoms with Crippen molar-refractivity contribution in [2.75, 3.05) is 13.2 Å². The van der Waals surface area contributed by atoms with Crippen molar-refractivity contribution in [3.05, 3.63) is 59.3 Å². The van der Waals surface area contributed by atoms with E-state index in [4.69, 9.17) is 4.74 Å². The number of hydrogen-bond donors (Lipinski definition) is 2. The summed E-state index contributed by atoms with van der Waals surface area (Å²) in [7, 11) is 0. The summed E-state index contributed by atoms with van der Waals surface area (Å²) < 4.78 is 72.7. The van der Waals surface area contributed by atoms with Gasteiger partial charge in [0.15, 0.2) is 18.2 Å². The molecule has 1 heterocycles. The standard InChI is InChI=1S/C20H17F5N2O3/c1-11-14(15-9-13(30-20(23,24)25)3-4-17(15)27-11)6-7-26-19(28)10-29-18-5-2-12(21)8-16(18)22/h2-5,8-9,27H,6-7,10H2,1H3,(H,26,28). The lowest BCUT2D eigenvalue weighted by Crippen LogP contribution is -2.30. The van der Waals surface area contributed by atoms with Crippen molar-refractivity contribution >= 4 is 16.8 Å². The number of carbonyl (C=O) groups is 1. The van der Waals surface area contributed by atoms with Gasteiger partial charge in [0, 0.05) is 29.2 Å². The third-order valence-electron chi connectivity index (χ3n) is 4.27. The fourth-order valence-corrected chi connectivity index (χ4v) is 2.99. The average Bonchev–Trinajstić information content (AvgIpc) is 2.95. The third-order valence-corrected chi connectivity index (χ3v) is 4.27. The minimum atomic E-state index is -4.79. The third kappa shape index (κ3) is 5.40. The summed E-state index contributed by atoms with van der Waals surface area (Å²) >= 11 is 0. The van der Waals surface area contributed by atoms with Crippen molar-refractivity contribution in [1.29, 1.82) is 0 Å². The minimum Gasteiger partial charge on any atom is -0.481 e. The van der Waals surface area contributed by atoms with Gasteiger partial charge in [-0.1, -0.05) is 0 Å². The van der Waals surface area contributed by atoms with Crippen LogP contribution >= 0.6 is 0 Å². The predicted octanol–water partition coefficient (Wildman–Crippen LogP) is 4.39. The topological polar surface area (TPSA) is 63.3 Å². The number of ether oxygens (including phenoxy) is 2. The Balaban J connectivity index is 1.59. The van der Waals surface area contributed by atoms with E-state index in [1.54, 1.807) is 6.92 Å². The van der Waals surface area contributed by atoms with E-state index in [9.17, 15) is 26.7 Å². The van der Waals surface area contributed by atoms with Crippen LogP contribution in [0.25, 0.3) is 10.9 Å². The lowest BCUT2D eigenvalue weighted by molar-refractivity contribution is -0.274. The molecule has 0 saturated carbocycles.